The van der Waals surface area contributed by atoms with Crippen molar-refractivity contribution in [2.45, 2.75) is 38.5 Å². The molecule has 0 aromatic heterocycles. The molecule has 0 radical (unpaired) electrons. The van der Waals surface area contributed by atoms with Crippen molar-refractivity contribution in [1.29, 1.82) is 0 Å². The van der Waals surface area contributed by atoms with Crippen LogP contribution in [0.15, 0.2) is 121 Å². The minimum absolute atomic E-state index is 1.00. The van der Waals surface area contributed by atoms with E-state index in [4.69, 9.17) is 14.2 Å². The fourth-order valence-electron chi connectivity index (χ4n) is 4.85. The zero-order valence-corrected chi connectivity index (χ0v) is 24.9. The van der Waals surface area contributed by atoms with Gasteiger partial charge in [-0.2, -0.15) is 0 Å². The van der Waals surface area contributed by atoms with Crippen LogP contribution < -0.4 is 17.7 Å². The Morgan fingerprint density at radius 3 is 0.650 bits per heavy atom. The second-order valence-electron chi connectivity index (χ2n) is 9.82. The molecule has 0 saturated carbocycles. The third-order valence-electron chi connectivity index (χ3n) is 6.87. The molecule has 3 aliphatic rings. The van der Waals surface area contributed by atoms with E-state index in [1.165, 1.54) is 56.2 Å². The van der Waals surface area contributed by atoms with Crippen molar-refractivity contribution in [1.82, 2.24) is 0 Å². The van der Waals surface area contributed by atoms with Gasteiger partial charge < -0.3 is 14.2 Å². The molecule has 3 fully saturated rings. The number of hydrogen-bond donors (Lipinski definition) is 0. The Kier molecular flexibility index (Phi) is 13.5. The van der Waals surface area contributed by atoms with Crippen LogP contribution in [0.5, 0.6) is 0 Å². The van der Waals surface area contributed by atoms with E-state index in [2.05, 4.69) is 121 Å². The standard InChI is InChI=1S/4C6H5.3C4H8O.Cr/c4*1-2-4-6-5-3-1;3*1-2-4-5-3-1;/h4*1-5H;3*1-4H2;. The van der Waals surface area contributed by atoms with E-state index in [0.29, 0.717) is 0 Å². The fourth-order valence-corrected chi connectivity index (χ4v) is 10.9. The quantitative estimate of drug-likeness (QED) is 0.306. The van der Waals surface area contributed by atoms with E-state index >= 15 is 0 Å². The van der Waals surface area contributed by atoms with E-state index in [1.807, 2.05) is 0 Å². The van der Waals surface area contributed by atoms with Gasteiger partial charge in [-0.25, -0.2) is 0 Å². The molecular formula is C36H44CrO3. The van der Waals surface area contributed by atoms with Gasteiger partial charge in [0.15, 0.2) is 0 Å². The molecule has 0 unspecified atom stereocenters. The number of benzene rings is 4. The van der Waals surface area contributed by atoms with Crippen molar-refractivity contribution in [3.8, 4) is 0 Å². The second-order valence-corrected chi connectivity index (χ2v) is 14.7. The van der Waals surface area contributed by atoms with Crippen LogP contribution in [0.4, 0.5) is 0 Å². The van der Waals surface area contributed by atoms with Crippen molar-refractivity contribution < 1.29 is 27.3 Å². The molecule has 0 bridgehead atoms. The Balaban J connectivity index is 0.000000197. The van der Waals surface area contributed by atoms with Gasteiger partial charge in [0.1, 0.15) is 0 Å². The van der Waals surface area contributed by atoms with Gasteiger partial charge in [-0.1, -0.05) is 0 Å². The Labute approximate surface area is 243 Å². The topological polar surface area (TPSA) is 27.7 Å². The fraction of sp³-hybridized carbons (Fsp3) is 0.333. The summed E-state index contributed by atoms with van der Waals surface area (Å²) in [7, 11) is 0. The average molecular weight is 577 g/mol. The predicted octanol–water partition coefficient (Wildman–Crippen LogP) is 5.83. The molecule has 40 heavy (non-hydrogen) atoms. The first-order valence-electron chi connectivity index (χ1n) is 14.7. The summed E-state index contributed by atoms with van der Waals surface area (Å²) in [5.41, 5.74) is 0. The maximum absolute atomic E-state index is 4.94. The van der Waals surface area contributed by atoms with Crippen molar-refractivity contribution >= 4 is 17.7 Å². The molecule has 4 heteroatoms. The van der Waals surface area contributed by atoms with Crippen LogP contribution in [-0.4, -0.2) is 39.6 Å². The number of rotatable bonds is 4. The van der Waals surface area contributed by atoms with Crippen molar-refractivity contribution in [2.75, 3.05) is 39.6 Å². The first-order chi connectivity index (χ1) is 19.9. The Hall–Kier alpha value is -2.71. The Morgan fingerprint density at radius 2 is 0.500 bits per heavy atom. The summed E-state index contributed by atoms with van der Waals surface area (Å²) < 4.78 is 20.6. The Morgan fingerprint density at radius 1 is 0.300 bits per heavy atom. The van der Waals surface area contributed by atoms with Gasteiger partial charge in [0.2, 0.25) is 0 Å². The van der Waals surface area contributed by atoms with E-state index in [1.54, 1.807) is 0 Å². The molecule has 3 heterocycles. The maximum atomic E-state index is 4.94. The van der Waals surface area contributed by atoms with E-state index < -0.39 is 13.1 Å². The second kappa shape index (κ2) is 17.9. The summed E-state index contributed by atoms with van der Waals surface area (Å²) in [6.07, 6.45) is 7.67. The van der Waals surface area contributed by atoms with Crippen molar-refractivity contribution in [3.05, 3.63) is 121 Å². The van der Waals surface area contributed by atoms with Crippen molar-refractivity contribution in [3.63, 3.8) is 0 Å². The summed E-state index contributed by atoms with van der Waals surface area (Å²) in [6, 6.07) is 44.1. The third kappa shape index (κ3) is 8.90. The van der Waals surface area contributed by atoms with E-state index in [0.717, 1.165) is 39.6 Å². The van der Waals surface area contributed by atoms with Crippen LogP contribution in [0.25, 0.3) is 0 Å². The summed E-state index contributed by atoms with van der Waals surface area (Å²) in [4.78, 5) is 0. The zero-order chi connectivity index (χ0) is 27.6. The van der Waals surface area contributed by atoms with Gasteiger partial charge in [0, 0.05) is 39.6 Å². The zero-order valence-electron chi connectivity index (χ0n) is 23.7. The molecule has 0 spiro atoms. The van der Waals surface area contributed by atoms with Crippen LogP contribution >= 0.6 is 0 Å². The van der Waals surface area contributed by atoms with Gasteiger partial charge in [0.25, 0.3) is 0 Å². The van der Waals surface area contributed by atoms with Gasteiger partial charge in [-0.3, -0.25) is 0 Å². The molecule has 3 saturated heterocycles. The first-order valence-corrected chi connectivity index (χ1v) is 17.2. The average Bonchev–Trinajstić information content (AvgIpc) is 3.88. The number of hydrogen-bond acceptors (Lipinski definition) is 3. The molecule has 7 rings (SSSR count). The molecule has 4 aromatic rings. The summed E-state index contributed by atoms with van der Waals surface area (Å²) in [5, 5.41) is 0. The summed E-state index contributed by atoms with van der Waals surface area (Å²) >= 11 is -2.55. The molecule has 4 aromatic carbocycles. The molecule has 3 nitrogen and oxygen atoms in total. The SMILES string of the molecule is C1CCOC1.C1CCOC1.C1CCOC1.c1cc[c]([Cr]([c]2ccccc2)([c]2ccccc2)[c]2ccccc2)cc1. The summed E-state index contributed by atoms with van der Waals surface area (Å²) in [5.74, 6) is 0. The van der Waals surface area contributed by atoms with Crippen LogP contribution in [0, 0.1) is 0 Å². The monoisotopic (exact) mass is 576 g/mol. The normalized spacial score (nSPS) is 16.4. The predicted molar refractivity (Wildman–Crippen MR) is 164 cm³/mol. The molecule has 0 aliphatic carbocycles. The van der Waals surface area contributed by atoms with Crippen LogP contribution in [0.2, 0.25) is 0 Å². The minimum atomic E-state index is -2.55. The molecule has 0 amide bonds. The van der Waals surface area contributed by atoms with E-state index in [-0.39, 0.29) is 0 Å². The van der Waals surface area contributed by atoms with Gasteiger partial charge in [-0.05, 0) is 38.5 Å². The molecule has 0 atom stereocenters. The molecule has 3 aliphatic heterocycles. The third-order valence-corrected chi connectivity index (χ3v) is 13.0. The molecular weight excluding hydrogens is 532 g/mol. The van der Waals surface area contributed by atoms with Gasteiger partial charge >= 0.3 is 152 Å². The number of ether oxygens (including phenoxy) is 3. The van der Waals surface area contributed by atoms with Crippen LogP contribution in [-0.2, 0) is 27.3 Å². The van der Waals surface area contributed by atoms with E-state index in [9.17, 15) is 0 Å². The van der Waals surface area contributed by atoms with Gasteiger partial charge in [-0.15, -0.1) is 0 Å². The summed E-state index contributed by atoms with van der Waals surface area (Å²) in [6.45, 7) is 6.00. The van der Waals surface area contributed by atoms with Gasteiger partial charge in [0.05, 0.1) is 0 Å². The molecule has 0 N–H and O–H groups in total. The first kappa shape index (κ1) is 30.3. The molecule has 212 valence electrons. The van der Waals surface area contributed by atoms with Crippen LogP contribution in [0.1, 0.15) is 38.5 Å². The van der Waals surface area contributed by atoms with Crippen LogP contribution in [0.3, 0.4) is 0 Å². The van der Waals surface area contributed by atoms with Crippen molar-refractivity contribution in [2.24, 2.45) is 0 Å². The Bertz CT molecular complexity index is 948.